The summed E-state index contributed by atoms with van der Waals surface area (Å²) in [5, 5.41) is 8.50. The molecule has 0 radical (unpaired) electrons. The third kappa shape index (κ3) is 5.96. The van der Waals surface area contributed by atoms with Gasteiger partial charge in [-0.25, -0.2) is 0 Å². The van der Waals surface area contributed by atoms with E-state index >= 15 is 0 Å². The molecule has 1 nitrogen and oxygen atoms in total. The molecular formula is C7H16O. The summed E-state index contributed by atoms with van der Waals surface area (Å²) in [6, 6.07) is 0. The van der Waals surface area contributed by atoms with E-state index in [0.29, 0.717) is 6.42 Å². The van der Waals surface area contributed by atoms with E-state index in [4.69, 9.17) is 14.7 Å². The Morgan fingerprint density at radius 3 is 3.00 bits per heavy atom. The zero-order chi connectivity index (χ0) is 12.3. The number of hydrogen-bond donors (Lipinski definition) is 1. The predicted octanol–water partition coefficient (Wildman–Crippen LogP) is 1.95. The van der Waals surface area contributed by atoms with Crippen LogP contribution in [0, 0.1) is 0 Å². The predicted molar refractivity (Wildman–Crippen MR) is 35.8 cm³/mol. The van der Waals surface area contributed by atoms with Crippen LogP contribution in [0.2, 0.25) is 0 Å². The van der Waals surface area contributed by atoms with Crippen LogP contribution in [0.4, 0.5) is 0 Å². The Kier molecular flexibility index (Phi) is 1.72. The highest BCUT2D eigenvalue weighted by Crippen LogP contribution is 2.00. The summed E-state index contributed by atoms with van der Waals surface area (Å²) in [5.41, 5.74) is 0. The van der Waals surface area contributed by atoms with Gasteiger partial charge in [0, 0.05) is 16.2 Å². The van der Waals surface area contributed by atoms with Crippen molar-refractivity contribution in [2.75, 3.05) is 6.61 Å². The third-order valence-electron chi connectivity index (χ3n) is 0.798. The van der Waals surface area contributed by atoms with E-state index in [1.165, 1.54) is 0 Å². The molecule has 0 aromatic carbocycles. The molecule has 0 aromatic rings. The van der Waals surface area contributed by atoms with Gasteiger partial charge in [0.1, 0.15) is 0 Å². The maximum absolute atomic E-state index is 8.50. The van der Waals surface area contributed by atoms with E-state index in [-0.39, 0.29) is 19.4 Å². The van der Waals surface area contributed by atoms with Gasteiger partial charge >= 0.3 is 0 Å². The fourth-order valence-corrected chi connectivity index (χ4v) is 0.388. The van der Waals surface area contributed by atoms with E-state index in [0.717, 1.165) is 0 Å². The Morgan fingerprint density at radius 1 is 1.50 bits per heavy atom. The average Bonchev–Trinajstić information content (AvgIpc) is 2.02. The van der Waals surface area contributed by atoms with E-state index in [1.807, 2.05) is 0 Å². The summed E-state index contributed by atoms with van der Waals surface area (Å²) in [6.45, 7) is -3.08. The first-order chi connectivity index (χ1) is 6.56. The van der Waals surface area contributed by atoms with Crippen LogP contribution in [0.1, 0.15) is 48.5 Å². The molecule has 0 aliphatic heterocycles. The summed E-state index contributed by atoms with van der Waals surface area (Å²) >= 11 is 0. The highest BCUT2D eigenvalue weighted by Gasteiger charge is 1.84. The summed E-state index contributed by atoms with van der Waals surface area (Å²) in [7, 11) is 0. The molecular weight excluding hydrogens is 100 g/mol. The third-order valence-corrected chi connectivity index (χ3v) is 0.798. The van der Waals surface area contributed by atoms with E-state index in [9.17, 15) is 0 Å². The summed E-state index contributed by atoms with van der Waals surface area (Å²) < 4.78 is 50.2. The van der Waals surface area contributed by atoms with Crippen molar-refractivity contribution < 1.29 is 14.7 Å². The number of aliphatic hydroxyl groups excluding tert-OH is 1. The van der Waals surface area contributed by atoms with Crippen molar-refractivity contribution in [2.45, 2.75) is 38.9 Å². The van der Waals surface area contributed by atoms with E-state index < -0.39 is 19.6 Å². The minimum Gasteiger partial charge on any atom is -0.396 e. The summed E-state index contributed by atoms with van der Waals surface area (Å²) in [5.74, 6) is 0. The lowest BCUT2D eigenvalue weighted by Crippen LogP contribution is -1.81. The molecule has 0 rings (SSSR count). The molecule has 0 bridgehead atoms. The lowest BCUT2D eigenvalue weighted by atomic mass is 10.2. The topological polar surface area (TPSA) is 20.2 Å². The molecule has 0 saturated carbocycles. The van der Waals surface area contributed by atoms with Crippen molar-refractivity contribution in [3.05, 3.63) is 0 Å². The first kappa shape index (κ1) is 1.98. The SMILES string of the molecule is [2H]C([2H])([2H])C([2H])([2H])C([2H])([2H])CCCCO. The molecule has 0 aromatic heterocycles. The maximum atomic E-state index is 8.50. The quantitative estimate of drug-likeness (QED) is 0.554. The Hall–Kier alpha value is -0.0400. The summed E-state index contributed by atoms with van der Waals surface area (Å²) in [6.07, 6.45) is -4.88. The van der Waals surface area contributed by atoms with E-state index in [1.54, 1.807) is 0 Å². The maximum Gasteiger partial charge on any atom is 0.0431 e. The van der Waals surface area contributed by atoms with Gasteiger partial charge in [-0.05, 0) is 6.42 Å². The second-order valence-electron chi connectivity index (χ2n) is 1.48. The lowest BCUT2D eigenvalue weighted by molar-refractivity contribution is 0.282. The highest BCUT2D eigenvalue weighted by atomic mass is 16.2. The minimum atomic E-state index is -2.98. The van der Waals surface area contributed by atoms with Gasteiger partial charge in [0.05, 0.1) is 0 Å². The summed E-state index contributed by atoms with van der Waals surface area (Å²) in [4.78, 5) is 0. The van der Waals surface area contributed by atoms with Crippen LogP contribution >= 0.6 is 0 Å². The first-order valence-corrected chi connectivity index (χ1v) is 2.67. The lowest BCUT2D eigenvalue weighted by Gasteiger charge is -1.93. The molecule has 0 unspecified atom stereocenters. The first-order valence-electron chi connectivity index (χ1n) is 6.17. The minimum absolute atomic E-state index is 0.104. The molecule has 0 atom stereocenters. The van der Waals surface area contributed by atoms with Crippen molar-refractivity contribution in [1.82, 2.24) is 0 Å². The number of hydrogen-bond acceptors (Lipinski definition) is 1. The van der Waals surface area contributed by atoms with Crippen LogP contribution in [0.3, 0.4) is 0 Å². The zero-order valence-electron chi connectivity index (χ0n) is 11.8. The fraction of sp³-hybridized carbons (Fsp3) is 1.00. The van der Waals surface area contributed by atoms with Gasteiger partial charge in [-0.3, -0.25) is 0 Å². The highest BCUT2D eigenvalue weighted by molar-refractivity contribution is 4.39. The molecule has 1 heteroatoms. The van der Waals surface area contributed by atoms with Crippen molar-refractivity contribution in [2.24, 2.45) is 0 Å². The molecule has 8 heavy (non-hydrogen) atoms. The molecule has 0 saturated heterocycles. The molecule has 0 amide bonds. The second-order valence-corrected chi connectivity index (χ2v) is 1.48. The Balaban J connectivity index is 4.56. The van der Waals surface area contributed by atoms with Crippen molar-refractivity contribution >= 4 is 0 Å². The van der Waals surface area contributed by atoms with Crippen molar-refractivity contribution in [3.8, 4) is 0 Å². The van der Waals surface area contributed by atoms with Crippen LogP contribution in [0.5, 0.6) is 0 Å². The molecule has 0 aliphatic rings. The zero-order valence-corrected chi connectivity index (χ0v) is 4.78. The van der Waals surface area contributed by atoms with E-state index in [2.05, 4.69) is 0 Å². The van der Waals surface area contributed by atoms with Gasteiger partial charge in [0.15, 0.2) is 0 Å². The average molecular weight is 123 g/mol. The van der Waals surface area contributed by atoms with Crippen LogP contribution in [-0.4, -0.2) is 11.7 Å². The number of unbranched alkanes of at least 4 members (excludes halogenated alkanes) is 1. The van der Waals surface area contributed by atoms with Gasteiger partial charge < -0.3 is 5.11 Å². The molecule has 0 fully saturated rings. The Morgan fingerprint density at radius 2 is 2.38 bits per heavy atom. The van der Waals surface area contributed by atoms with Crippen LogP contribution in [0.25, 0.3) is 0 Å². The fourth-order valence-electron chi connectivity index (χ4n) is 0.388. The second kappa shape index (κ2) is 6.96. The standard InChI is InChI=1S/C7H16O/c1-2-3-4-5-6-7-8/h8H,2-7H2,1H3/i1D3,2D2,3D2. The van der Waals surface area contributed by atoms with Crippen molar-refractivity contribution in [3.63, 3.8) is 0 Å². The van der Waals surface area contributed by atoms with Crippen molar-refractivity contribution in [1.29, 1.82) is 0 Å². The normalized spacial score (nSPS) is 27.9. The molecule has 0 aliphatic carbocycles. The smallest absolute Gasteiger partial charge is 0.0431 e. The van der Waals surface area contributed by atoms with Crippen LogP contribution in [0.15, 0.2) is 0 Å². The van der Waals surface area contributed by atoms with Gasteiger partial charge in [-0.15, -0.1) is 0 Å². The van der Waals surface area contributed by atoms with Gasteiger partial charge in [-0.1, -0.05) is 32.4 Å². The number of aliphatic hydroxyl groups is 1. The number of rotatable bonds is 5. The molecule has 1 N–H and O–H groups in total. The molecule has 0 heterocycles. The van der Waals surface area contributed by atoms with Gasteiger partial charge in [0.25, 0.3) is 0 Å². The molecule has 0 spiro atoms. The molecule has 50 valence electrons. The van der Waals surface area contributed by atoms with Crippen LogP contribution in [-0.2, 0) is 0 Å². The Labute approximate surface area is 61.6 Å². The monoisotopic (exact) mass is 123 g/mol. The Bertz CT molecular complexity index is 198. The van der Waals surface area contributed by atoms with Crippen LogP contribution < -0.4 is 0 Å². The van der Waals surface area contributed by atoms with Gasteiger partial charge in [0.2, 0.25) is 0 Å². The van der Waals surface area contributed by atoms with Gasteiger partial charge in [-0.2, -0.15) is 0 Å². The largest absolute Gasteiger partial charge is 0.396 e.